The molecule has 0 spiro atoms. The third-order valence-corrected chi connectivity index (χ3v) is 6.62. The van der Waals surface area contributed by atoms with Crippen molar-refractivity contribution >= 4 is 10.8 Å². The van der Waals surface area contributed by atoms with Gasteiger partial charge in [0.15, 0.2) is 11.6 Å². The Morgan fingerprint density at radius 1 is 0.839 bits per heavy atom. The van der Waals surface area contributed by atoms with Crippen LogP contribution in [0.2, 0.25) is 0 Å². The first-order chi connectivity index (χ1) is 15.0. The summed E-state index contributed by atoms with van der Waals surface area (Å²) in [5.41, 5.74) is 2.35. The molecule has 1 saturated carbocycles. The predicted molar refractivity (Wildman–Crippen MR) is 123 cm³/mol. The molecule has 0 atom stereocenters. The number of halogens is 3. The standard InChI is InChI=1S/C28H27F3/c1-3-5-6-22-15-16-23-17-24(27(30)28(31)25(23)26(22)29)21-13-11-20(12-14-21)19-9-7-18(4-2)8-10-19/h3-4,11-19H,1-2,5-10H2. The minimum Gasteiger partial charge on any atom is -0.206 e. The van der Waals surface area contributed by atoms with Crippen molar-refractivity contribution in [1.82, 2.24) is 0 Å². The molecule has 0 amide bonds. The van der Waals surface area contributed by atoms with Crippen molar-refractivity contribution in [2.45, 2.75) is 44.4 Å². The highest BCUT2D eigenvalue weighted by molar-refractivity contribution is 5.89. The molecule has 0 unspecified atom stereocenters. The fourth-order valence-electron chi connectivity index (χ4n) is 4.71. The summed E-state index contributed by atoms with van der Waals surface area (Å²) in [5.74, 6) is -1.73. The Hall–Kier alpha value is -2.81. The molecule has 0 saturated heterocycles. The second-order valence-electron chi connectivity index (χ2n) is 8.49. The molecule has 0 aromatic heterocycles. The minimum atomic E-state index is -1.13. The summed E-state index contributed by atoms with van der Waals surface area (Å²) in [7, 11) is 0. The maximum atomic E-state index is 15.0. The molecule has 0 heterocycles. The molecule has 1 fully saturated rings. The van der Waals surface area contributed by atoms with Crippen LogP contribution in [0, 0.1) is 23.4 Å². The number of allylic oxidation sites excluding steroid dienone is 2. The summed E-state index contributed by atoms with van der Waals surface area (Å²) in [6.45, 7) is 7.52. The van der Waals surface area contributed by atoms with E-state index in [1.165, 1.54) is 5.56 Å². The first kappa shape index (κ1) is 21.4. The van der Waals surface area contributed by atoms with Crippen molar-refractivity contribution in [3.05, 3.63) is 96.4 Å². The van der Waals surface area contributed by atoms with Gasteiger partial charge in [-0.1, -0.05) is 48.6 Å². The fourth-order valence-corrected chi connectivity index (χ4v) is 4.71. The molecule has 0 nitrogen and oxygen atoms in total. The summed E-state index contributed by atoms with van der Waals surface area (Å²) in [5, 5.41) is 0.0824. The number of fused-ring (bicyclic) bond motifs is 1. The Morgan fingerprint density at radius 2 is 1.55 bits per heavy atom. The molecular formula is C28H27F3. The molecule has 1 aliphatic carbocycles. The van der Waals surface area contributed by atoms with Gasteiger partial charge in [0.05, 0.1) is 5.39 Å². The van der Waals surface area contributed by atoms with Crippen LogP contribution < -0.4 is 0 Å². The Bertz CT molecular complexity index is 1100. The summed E-state index contributed by atoms with van der Waals surface area (Å²) in [6.07, 6.45) is 9.21. The highest BCUT2D eigenvalue weighted by Crippen LogP contribution is 2.38. The molecule has 0 bridgehead atoms. The maximum absolute atomic E-state index is 15.0. The second-order valence-corrected chi connectivity index (χ2v) is 8.49. The maximum Gasteiger partial charge on any atom is 0.170 e. The van der Waals surface area contributed by atoms with Gasteiger partial charge in [0.1, 0.15) is 5.82 Å². The highest BCUT2D eigenvalue weighted by Gasteiger charge is 2.22. The normalized spacial score (nSPS) is 18.8. The molecule has 3 heteroatoms. The van der Waals surface area contributed by atoms with E-state index >= 15 is 0 Å². The van der Waals surface area contributed by atoms with Gasteiger partial charge >= 0.3 is 0 Å². The van der Waals surface area contributed by atoms with Crippen molar-refractivity contribution in [2.75, 3.05) is 0 Å². The van der Waals surface area contributed by atoms with E-state index in [2.05, 4.69) is 13.2 Å². The van der Waals surface area contributed by atoms with Gasteiger partial charge in [-0.3, -0.25) is 0 Å². The van der Waals surface area contributed by atoms with E-state index in [0.717, 1.165) is 25.7 Å². The predicted octanol–water partition coefficient (Wildman–Crippen LogP) is 8.50. The third-order valence-electron chi connectivity index (χ3n) is 6.62. The lowest BCUT2D eigenvalue weighted by Crippen LogP contribution is -2.11. The molecule has 0 N–H and O–H groups in total. The summed E-state index contributed by atoms with van der Waals surface area (Å²) in [4.78, 5) is 0. The van der Waals surface area contributed by atoms with Crippen molar-refractivity contribution in [1.29, 1.82) is 0 Å². The Balaban J connectivity index is 1.66. The van der Waals surface area contributed by atoms with Crippen LogP contribution >= 0.6 is 0 Å². The van der Waals surface area contributed by atoms with Crippen LogP contribution in [0.4, 0.5) is 13.2 Å². The number of rotatable bonds is 6. The first-order valence-electron chi connectivity index (χ1n) is 11.0. The van der Waals surface area contributed by atoms with Gasteiger partial charge in [-0.25, -0.2) is 13.2 Å². The van der Waals surface area contributed by atoms with Gasteiger partial charge in [0.25, 0.3) is 0 Å². The van der Waals surface area contributed by atoms with E-state index in [0.29, 0.717) is 41.2 Å². The lowest BCUT2D eigenvalue weighted by Gasteiger charge is -2.27. The third kappa shape index (κ3) is 4.19. The number of hydrogen-bond donors (Lipinski definition) is 0. The molecule has 3 aromatic carbocycles. The highest BCUT2D eigenvalue weighted by atomic mass is 19.2. The van der Waals surface area contributed by atoms with E-state index in [-0.39, 0.29) is 10.9 Å². The quantitative estimate of drug-likeness (QED) is 0.351. The molecule has 160 valence electrons. The summed E-state index contributed by atoms with van der Waals surface area (Å²) in [6, 6.07) is 12.5. The number of aryl methyl sites for hydroxylation is 1. The van der Waals surface area contributed by atoms with Gasteiger partial charge in [0.2, 0.25) is 0 Å². The molecule has 4 rings (SSSR count). The van der Waals surface area contributed by atoms with Crippen molar-refractivity contribution in [3.63, 3.8) is 0 Å². The topological polar surface area (TPSA) is 0 Å². The average Bonchev–Trinajstić information content (AvgIpc) is 2.81. The van der Waals surface area contributed by atoms with Crippen LogP contribution in [-0.2, 0) is 6.42 Å². The second kappa shape index (κ2) is 9.13. The van der Waals surface area contributed by atoms with Crippen LogP contribution in [0.5, 0.6) is 0 Å². The first-order valence-corrected chi connectivity index (χ1v) is 11.0. The van der Waals surface area contributed by atoms with Gasteiger partial charge in [-0.2, -0.15) is 0 Å². The largest absolute Gasteiger partial charge is 0.206 e. The molecule has 31 heavy (non-hydrogen) atoms. The van der Waals surface area contributed by atoms with Crippen molar-refractivity contribution in [2.24, 2.45) is 5.92 Å². The molecule has 0 radical (unpaired) electrons. The van der Waals surface area contributed by atoms with Crippen LogP contribution in [0.25, 0.3) is 21.9 Å². The summed E-state index contributed by atoms with van der Waals surface area (Å²) >= 11 is 0. The van der Waals surface area contributed by atoms with Crippen LogP contribution in [-0.4, -0.2) is 0 Å². The smallest absolute Gasteiger partial charge is 0.170 e. The summed E-state index contributed by atoms with van der Waals surface area (Å²) < 4.78 is 44.7. The van der Waals surface area contributed by atoms with E-state index in [1.54, 1.807) is 24.3 Å². The average molecular weight is 421 g/mol. The van der Waals surface area contributed by atoms with Crippen molar-refractivity contribution in [3.8, 4) is 11.1 Å². The number of hydrogen-bond acceptors (Lipinski definition) is 0. The molecule has 3 aromatic rings. The SMILES string of the molecule is C=CCCc1ccc2cc(-c3ccc(C4CCC(C=C)CC4)cc3)c(F)c(F)c2c1F. The van der Waals surface area contributed by atoms with Crippen LogP contribution in [0.3, 0.4) is 0 Å². The van der Waals surface area contributed by atoms with Gasteiger partial charge in [-0.15, -0.1) is 13.2 Å². The zero-order chi connectivity index (χ0) is 22.0. The molecule has 0 aliphatic heterocycles. The van der Waals surface area contributed by atoms with E-state index in [4.69, 9.17) is 0 Å². The van der Waals surface area contributed by atoms with Crippen molar-refractivity contribution < 1.29 is 13.2 Å². The minimum absolute atomic E-state index is 0.158. The van der Waals surface area contributed by atoms with E-state index in [1.807, 2.05) is 30.3 Å². The zero-order valence-electron chi connectivity index (χ0n) is 17.6. The lowest BCUT2D eigenvalue weighted by atomic mass is 9.78. The number of benzene rings is 3. The molecule has 1 aliphatic rings. The Morgan fingerprint density at radius 3 is 2.19 bits per heavy atom. The molecular weight excluding hydrogens is 393 g/mol. The Labute approximate surface area is 182 Å². The monoisotopic (exact) mass is 420 g/mol. The van der Waals surface area contributed by atoms with E-state index in [9.17, 15) is 13.2 Å². The van der Waals surface area contributed by atoms with E-state index < -0.39 is 17.5 Å². The fraction of sp³-hybridized carbons (Fsp3) is 0.286. The van der Waals surface area contributed by atoms with Crippen LogP contribution in [0.1, 0.15) is 49.1 Å². The lowest BCUT2D eigenvalue weighted by molar-refractivity contribution is 0.376. The van der Waals surface area contributed by atoms with Crippen LogP contribution in [0.15, 0.2) is 67.8 Å². The van der Waals surface area contributed by atoms with Gasteiger partial charge < -0.3 is 0 Å². The Kier molecular flexibility index (Phi) is 6.31. The zero-order valence-corrected chi connectivity index (χ0v) is 17.6. The van der Waals surface area contributed by atoms with Gasteiger partial charge in [-0.05, 0) is 78.5 Å². The van der Waals surface area contributed by atoms with Gasteiger partial charge in [0, 0.05) is 5.56 Å².